The molecule has 0 spiro atoms. The molecule has 5 nitrogen and oxygen atoms in total. The van der Waals surface area contributed by atoms with Crippen molar-refractivity contribution in [2.24, 2.45) is 5.92 Å². The van der Waals surface area contributed by atoms with Gasteiger partial charge < -0.3 is 4.74 Å². The Bertz CT molecular complexity index is 909. The van der Waals surface area contributed by atoms with Gasteiger partial charge in [0.2, 0.25) is 0 Å². The average Bonchev–Trinajstić information content (AvgIpc) is 2.88. The summed E-state index contributed by atoms with van der Waals surface area (Å²) in [4.78, 5) is 39.7. The van der Waals surface area contributed by atoms with Crippen molar-refractivity contribution in [3.8, 4) is 5.75 Å². The molecule has 1 atom stereocenters. The van der Waals surface area contributed by atoms with Gasteiger partial charge in [-0.15, -0.1) is 0 Å². The third-order valence-electron chi connectivity index (χ3n) is 4.73. The van der Waals surface area contributed by atoms with Crippen LogP contribution in [0.15, 0.2) is 36.4 Å². The lowest BCUT2D eigenvalue weighted by molar-refractivity contribution is -0.139. The van der Waals surface area contributed by atoms with Crippen molar-refractivity contribution in [3.05, 3.63) is 63.7 Å². The van der Waals surface area contributed by atoms with E-state index in [0.717, 1.165) is 16.0 Å². The lowest BCUT2D eigenvalue weighted by Crippen LogP contribution is -2.47. The van der Waals surface area contributed by atoms with E-state index >= 15 is 0 Å². The summed E-state index contributed by atoms with van der Waals surface area (Å²) in [5.74, 6) is -1.15. The first-order valence-corrected chi connectivity index (χ1v) is 9.53. The molecular formula is C22H22ClNO4. The first-order chi connectivity index (χ1) is 13.2. The largest absolute Gasteiger partial charge is 0.425 e. The van der Waals surface area contributed by atoms with Crippen LogP contribution < -0.4 is 4.74 Å². The van der Waals surface area contributed by atoms with Gasteiger partial charge >= 0.3 is 5.97 Å². The van der Waals surface area contributed by atoms with Gasteiger partial charge in [-0.25, -0.2) is 4.79 Å². The maximum Gasteiger partial charge on any atom is 0.334 e. The van der Waals surface area contributed by atoms with Gasteiger partial charge in [0, 0.05) is 5.02 Å². The molecule has 0 bridgehead atoms. The van der Waals surface area contributed by atoms with E-state index < -0.39 is 23.8 Å². The number of amides is 2. The maximum absolute atomic E-state index is 13.0. The summed E-state index contributed by atoms with van der Waals surface area (Å²) in [5, 5.41) is 0.610. The fourth-order valence-electron chi connectivity index (χ4n) is 3.39. The Balaban J connectivity index is 1.92. The van der Waals surface area contributed by atoms with E-state index in [1.54, 1.807) is 36.4 Å². The first-order valence-electron chi connectivity index (χ1n) is 9.16. The highest BCUT2D eigenvalue weighted by Crippen LogP contribution is 2.29. The minimum absolute atomic E-state index is 0.0792. The Morgan fingerprint density at radius 1 is 1.04 bits per heavy atom. The first kappa shape index (κ1) is 20.1. The zero-order chi connectivity index (χ0) is 20.6. The van der Waals surface area contributed by atoms with Crippen molar-refractivity contribution in [2.75, 3.05) is 0 Å². The summed E-state index contributed by atoms with van der Waals surface area (Å²) < 4.78 is 5.56. The number of hydrogen-bond donors (Lipinski definition) is 0. The second kappa shape index (κ2) is 7.76. The molecule has 0 saturated carbocycles. The monoisotopic (exact) mass is 399 g/mol. The molecule has 0 fully saturated rings. The number of aryl methyl sites for hydroxylation is 2. The summed E-state index contributed by atoms with van der Waals surface area (Å²) in [6.07, 6.45) is 0.315. The molecule has 0 radical (unpaired) electrons. The van der Waals surface area contributed by atoms with Crippen LogP contribution in [0.3, 0.4) is 0 Å². The molecule has 1 aliphatic heterocycles. The molecule has 0 aromatic heterocycles. The Morgan fingerprint density at radius 3 is 2.00 bits per heavy atom. The predicted octanol–water partition coefficient (Wildman–Crippen LogP) is 4.57. The van der Waals surface area contributed by atoms with Crippen LogP contribution in [0.2, 0.25) is 5.02 Å². The molecule has 0 aliphatic carbocycles. The molecule has 28 heavy (non-hydrogen) atoms. The third-order valence-corrected chi connectivity index (χ3v) is 5.33. The number of ether oxygens (including phenoxy) is 1. The molecular weight excluding hydrogens is 378 g/mol. The van der Waals surface area contributed by atoms with Crippen LogP contribution in [0.4, 0.5) is 0 Å². The summed E-state index contributed by atoms with van der Waals surface area (Å²) in [6, 6.07) is 8.93. The predicted molar refractivity (Wildman–Crippen MR) is 107 cm³/mol. The van der Waals surface area contributed by atoms with Gasteiger partial charge in [0.1, 0.15) is 11.8 Å². The number of carbonyl (C=O) groups excluding carboxylic acids is 3. The van der Waals surface area contributed by atoms with Crippen LogP contribution in [0.5, 0.6) is 5.75 Å². The van der Waals surface area contributed by atoms with Gasteiger partial charge in [-0.3, -0.25) is 14.5 Å². The van der Waals surface area contributed by atoms with E-state index in [-0.39, 0.29) is 5.92 Å². The normalized spacial score (nSPS) is 14.4. The minimum atomic E-state index is -0.997. The summed E-state index contributed by atoms with van der Waals surface area (Å²) in [5.41, 5.74) is 2.19. The van der Waals surface area contributed by atoms with Gasteiger partial charge in [-0.05, 0) is 61.6 Å². The molecule has 6 heteroatoms. The number of esters is 1. The molecule has 1 unspecified atom stereocenters. The number of nitrogens with zero attached hydrogens (tertiary/aromatic N) is 1. The molecule has 0 N–H and O–H groups in total. The third kappa shape index (κ3) is 3.67. The molecule has 2 aromatic carbocycles. The maximum atomic E-state index is 13.0. The number of benzene rings is 2. The van der Waals surface area contributed by atoms with E-state index in [1.165, 1.54) is 0 Å². The topological polar surface area (TPSA) is 63.7 Å². The fraction of sp³-hybridized carbons (Fsp3) is 0.318. The smallest absolute Gasteiger partial charge is 0.334 e. The van der Waals surface area contributed by atoms with E-state index in [0.29, 0.717) is 28.3 Å². The Labute approximate surface area is 169 Å². The van der Waals surface area contributed by atoms with Crippen LogP contribution in [0.25, 0.3) is 0 Å². The fourth-order valence-corrected chi connectivity index (χ4v) is 3.50. The Hall–Kier alpha value is -2.66. The zero-order valence-corrected chi connectivity index (χ0v) is 17.0. The molecule has 1 heterocycles. The molecule has 2 amide bonds. The van der Waals surface area contributed by atoms with Crippen LogP contribution in [-0.4, -0.2) is 28.7 Å². The molecule has 0 saturated heterocycles. The minimum Gasteiger partial charge on any atom is -0.425 e. The van der Waals surface area contributed by atoms with E-state index in [4.69, 9.17) is 16.3 Å². The standard InChI is InChI=1S/C22H22ClNO4/c1-12(2)9-18(22(27)28-15-10-13(3)19(23)14(4)11-15)24-20(25)16-7-5-6-8-17(16)21(24)26/h5-8,10-12,18H,9H2,1-4H3. The summed E-state index contributed by atoms with van der Waals surface area (Å²) in [7, 11) is 0. The highest BCUT2D eigenvalue weighted by Gasteiger charge is 2.43. The second-order valence-corrected chi connectivity index (χ2v) is 7.84. The Morgan fingerprint density at radius 2 is 1.54 bits per heavy atom. The molecule has 1 aliphatic rings. The second-order valence-electron chi connectivity index (χ2n) is 7.46. The lowest BCUT2D eigenvalue weighted by Gasteiger charge is -2.26. The van der Waals surface area contributed by atoms with Crippen LogP contribution in [-0.2, 0) is 4.79 Å². The van der Waals surface area contributed by atoms with E-state index in [1.807, 2.05) is 27.7 Å². The van der Waals surface area contributed by atoms with Gasteiger partial charge in [0.25, 0.3) is 11.8 Å². The summed E-state index contributed by atoms with van der Waals surface area (Å²) >= 11 is 6.17. The quantitative estimate of drug-likeness (QED) is 0.419. The number of halogens is 1. The van der Waals surface area contributed by atoms with Crippen molar-refractivity contribution in [1.82, 2.24) is 4.90 Å². The van der Waals surface area contributed by atoms with Gasteiger partial charge in [0.05, 0.1) is 11.1 Å². The number of hydrogen-bond acceptors (Lipinski definition) is 4. The van der Waals surface area contributed by atoms with E-state index in [9.17, 15) is 14.4 Å². The average molecular weight is 400 g/mol. The SMILES string of the molecule is Cc1cc(OC(=O)C(CC(C)C)N2C(=O)c3ccccc3C2=O)cc(C)c1Cl. The van der Waals surface area contributed by atoms with Gasteiger partial charge in [-0.2, -0.15) is 0 Å². The van der Waals surface area contributed by atoms with E-state index in [2.05, 4.69) is 0 Å². The van der Waals surface area contributed by atoms with Crippen molar-refractivity contribution in [1.29, 1.82) is 0 Å². The van der Waals surface area contributed by atoms with Crippen molar-refractivity contribution in [3.63, 3.8) is 0 Å². The highest BCUT2D eigenvalue weighted by atomic mass is 35.5. The van der Waals surface area contributed by atoms with Crippen LogP contribution in [0.1, 0.15) is 52.1 Å². The zero-order valence-electron chi connectivity index (χ0n) is 16.3. The number of rotatable bonds is 5. The number of imide groups is 1. The van der Waals surface area contributed by atoms with Crippen molar-refractivity contribution >= 4 is 29.4 Å². The highest BCUT2D eigenvalue weighted by molar-refractivity contribution is 6.32. The van der Waals surface area contributed by atoms with Crippen LogP contribution >= 0.6 is 11.6 Å². The van der Waals surface area contributed by atoms with Crippen molar-refractivity contribution in [2.45, 2.75) is 40.2 Å². The van der Waals surface area contributed by atoms with Gasteiger partial charge in [0.15, 0.2) is 0 Å². The molecule has 2 aromatic rings. The Kier molecular flexibility index (Phi) is 5.57. The lowest BCUT2D eigenvalue weighted by atomic mass is 10.0. The van der Waals surface area contributed by atoms with Crippen molar-refractivity contribution < 1.29 is 19.1 Å². The van der Waals surface area contributed by atoms with Crippen LogP contribution in [0, 0.1) is 19.8 Å². The molecule has 3 rings (SSSR count). The number of fused-ring (bicyclic) bond motifs is 1. The summed E-state index contributed by atoms with van der Waals surface area (Å²) in [6.45, 7) is 7.49. The van der Waals surface area contributed by atoms with Gasteiger partial charge in [-0.1, -0.05) is 37.6 Å². The molecule has 146 valence electrons. The number of carbonyl (C=O) groups is 3.